The van der Waals surface area contributed by atoms with Crippen molar-refractivity contribution in [1.82, 2.24) is 25.6 Å². The van der Waals surface area contributed by atoms with Gasteiger partial charge in [-0.05, 0) is 26.8 Å². The van der Waals surface area contributed by atoms with Crippen LogP contribution in [0.3, 0.4) is 0 Å². The fourth-order valence-corrected chi connectivity index (χ4v) is 2.81. The van der Waals surface area contributed by atoms with E-state index in [0.29, 0.717) is 18.5 Å². The molecule has 1 unspecified atom stereocenters. The Labute approximate surface area is 151 Å². The fourth-order valence-electron chi connectivity index (χ4n) is 2.81. The number of rotatable bonds is 7. The minimum atomic E-state index is 0.372. The van der Waals surface area contributed by atoms with E-state index in [-0.39, 0.29) is 0 Å². The number of hydrogen-bond donors (Lipinski definition) is 2. The van der Waals surface area contributed by atoms with Gasteiger partial charge in [-0.3, -0.25) is 4.90 Å². The summed E-state index contributed by atoms with van der Waals surface area (Å²) < 4.78 is 5.36. The molecule has 0 aromatic carbocycles. The van der Waals surface area contributed by atoms with E-state index in [0.717, 1.165) is 56.7 Å². The third-order valence-electron chi connectivity index (χ3n) is 4.63. The summed E-state index contributed by atoms with van der Waals surface area (Å²) in [6, 6.07) is 2.47. The minimum Gasteiger partial charge on any atom is -0.359 e. The van der Waals surface area contributed by atoms with Crippen molar-refractivity contribution >= 4 is 5.96 Å². The summed E-state index contributed by atoms with van der Waals surface area (Å²) in [7, 11) is 2.18. The predicted molar refractivity (Wildman–Crippen MR) is 102 cm³/mol. The molecule has 1 aliphatic heterocycles. The SMILES string of the molecule is CCNC(=NCc1cc(C(C)C)no1)NCC(C)N1CCN(C)CC1. The van der Waals surface area contributed by atoms with Crippen molar-refractivity contribution in [2.75, 3.05) is 46.3 Å². The molecule has 0 radical (unpaired) electrons. The predicted octanol–water partition coefficient (Wildman–Crippen LogP) is 1.49. The zero-order valence-electron chi connectivity index (χ0n) is 16.4. The number of piperazine rings is 1. The van der Waals surface area contributed by atoms with Crippen LogP contribution in [0.1, 0.15) is 45.1 Å². The highest BCUT2D eigenvalue weighted by molar-refractivity contribution is 5.79. The summed E-state index contributed by atoms with van der Waals surface area (Å²) in [6.45, 7) is 15.3. The zero-order chi connectivity index (χ0) is 18.2. The monoisotopic (exact) mass is 350 g/mol. The van der Waals surface area contributed by atoms with Gasteiger partial charge in [0.05, 0.1) is 5.69 Å². The first-order valence-corrected chi connectivity index (χ1v) is 9.39. The average Bonchev–Trinajstić information content (AvgIpc) is 3.07. The third kappa shape index (κ3) is 6.32. The van der Waals surface area contributed by atoms with Crippen molar-refractivity contribution in [1.29, 1.82) is 0 Å². The van der Waals surface area contributed by atoms with Crippen LogP contribution in [-0.4, -0.2) is 73.3 Å². The molecular weight excluding hydrogens is 316 g/mol. The van der Waals surface area contributed by atoms with E-state index in [1.54, 1.807) is 0 Å². The summed E-state index contributed by atoms with van der Waals surface area (Å²) in [5, 5.41) is 10.8. The van der Waals surface area contributed by atoms with Crippen molar-refractivity contribution < 1.29 is 4.52 Å². The van der Waals surface area contributed by atoms with E-state index in [1.165, 1.54) is 0 Å². The summed E-state index contributed by atoms with van der Waals surface area (Å²) in [4.78, 5) is 9.53. The van der Waals surface area contributed by atoms with Gasteiger partial charge in [-0.1, -0.05) is 19.0 Å². The maximum Gasteiger partial charge on any atom is 0.191 e. The molecule has 0 aliphatic carbocycles. The molecule has 2 heterocycles. The molecule has 0 bridgehead atoms. The van der Waals surface area contributed by atoms with Gasteiger partial charge in [0.2, 0.25) is 0 Å². The highest BCUT2D eigenvalue weighted by Crippen LogP contribution is 2.14. The molecule has 0 spiro atoms. The summed E-state index contributed by atoms with van der Waals surface area (Å²) in [5.74, 6) is 2.00. The Bertz CT molecular complexity index is 533. The Balaban J connectivity index is 1.84. The number of nitrogens with one attached hydrogen (secondary N) is 2. The van der Waals surface area contributed by atoms with E-state index < -0.39 is 0 Å². The molecule has 1 aliphatic rings. The number of aromatic nitrogens is 1. The normalized spacial score (nSPS) is 18.6. The highest BCUT2D eigenvalue weighted by Gasteiger charge is 2.19. The van der Waals surface area contributed by atoms with Gasteiger partial charge in [0.15, 0.2) is 11.7 Å². The van der Waals surface area contributed by atoms with Crippen molar-refractivity contribution in [2.45, 2.75) is 46.2 Å². The molecule has 25 heavy (non-hydrogen) atoms. The smallest absolute Gasteiger partial charge is 0.191 e. The lowest BCUT2D eigenvalue weighted by molar-refractivity contribution is 0.120. The second kappa shape index (κ2) is 9.77. The van der Waals surface area contributed by atoms with Gasteiger partial charge in [-0.15, -0.1) is 0 Å². The maximum absolute atomic E-state index is 5.36. The molecule has 142 valence electrons. The molecule has 1 saturated heterocycles. The molecule has 2 rings (SSSR count). The van der Waals surface area contributed by atoms with Crippen LogP contribution in [0, 0.1) is 0 Å². The molecule has 1 atom stereocenters. The van der Waals surface area contributed by atoms with E-state index in [1.807, 2.05) is 6.07 Å². The van der Waals surface area contributed by atoms with E-state index in [4.69, 9.17) is 4.52 Å². The van der Waals surface area contributed by atoms with Crippen molar-refractivity contribution in [3.05, 3.63) is 17.5 Å². The lowest BCUT2D eigenvalue weighted by Crippen LogP contribution is -2.52. The number of likely N-dealkylation sites (N-methyl/N-ethyl adjacent to an activating group) is 1. The first kappa shape index (κ1) is 19.7. The first-order valence-electron chi connectivity index (χ1n) is 9.39. The molecular formula is C18H34N6O. The van der Waals surface area contributed by atoms with Crippen LogP contribution in [0.15, 0.2) is 15.6 Å². The lowest BCUT2D eigenvalue weighted by atomic mass is 10.1. The number of hydrogen-bond acceptors (Lipinski definition) is 5. The molecule has 0 saturated carbocycles. The number of nitrogens with zero attached hydrogens (tertiary/aromatic N) is 4. The van der Waals surface area contributed by atoms with Gasteiger partial charge in [-0.2, -0.15) is 0 Å². The summed E-state index contributed by atoms with van der Waals surface area (Å²) >= 11 is 0. The Morgan fingerprint density at radius 2 is 1.96 bits per heavy atom. The van der Waals surface area contributed by atoms with Crippen LogP contribution in [0.25, 0.3) is 0 Å². The largest absolute Gasteiger partial charge is 0.359 e. The maximum atomic E-state index is 5.36. The van der Waals surface area contributed by atoms with Gasteiger partial charge in [0, 0.05) is 51.4 Å². The summed E-state index contributed by atoms with van der Waals surface area (Å²) in [6.07, 6.45) is 0. The molecule has 2 N–H and O–H groups in total. The topological polar surface area (TPSA) is 68.9 Å². The Morgan fingerprint density at radius 1 is 1.24 bits per heavy atom. The van der Waals surface area contributed by atoms with Crippen molar-refractivity contribution in [2.24, 2.45) is 4.99 Å². The lowest BCUT2D eigenvalue weighted by Gasteiger charge is -2.36. The van der Waals surface area contributed by atoms with Crippen LogP contribution >= 0.6 is 0 Å². The van der Waals surface area contributed by atoms with Crippen LogP contribution in [-0.2, 0) is 6.54 Å². The number of guanidine groups is 1. The van der Waals surface area contributed by atoms with Gasteiger partial charge < -0.3 is 20.1 Å². The summed E-state index contributed by atoms with van der Waals surface area (Å²) in [5.41, 5.74) is 0.979. The van der Waals surface area contributed by atoms with Gasteiger partial charge in [-0.25, -0.2) is 4.99 Å². The van der Waals surface area contributed by atoms with Gasteiger partial charge in [0.25, 0.3) is 0 Å². The van der Waals surface area contributed by atoms with Crippen LogP contribution in [0.2, 0.25) is 0 Å². The van der Waals surface area contributed by atoms with E-state index >= 15 is 0 Å². The molecule has 7 heteroatoms. The molecule has 1 fully saturated rings. The van der Waals surface area contributed by atoms with Crippen LogP contribution in [0.4, 0.5) is 0 Å². The Morgan fingerprint density at radius 3 is 2.56 bits per heavy atom. The number of aliphatic imine (C=N–C) groups is 1. The van der Waals surface area contributed by atoms with Gasteiger partial charge in [0.1, 0.15) is 6.54 Å². The minimum absolute atomic E-state index is 0.372. The molecule has 1 aromatic rings. The second-order valence-electron chi connectivity index (χ2n) is 7.14. The second-order valence-corrected chi connectivity index (χ2v) is 7.14. The van der Waals surface area contributed by atoms with E-state index in [2.05, 4.69) is 65.3 Å². The standard InChI is InChI=1S/C18H34N6O/c1-6-19-18(21-13-16-11-17(14(2)3)22-25-16)20-12-15(4)24-9-7-23(5)8-10-24/h11,14-15H,6-10,12-13H2,1-5H3,(H2,19,20,21). The van der Waals surface area contributed by atoms with E-state index in [9.17, 15) is 0 Å². The fraction of sp³-hybridized carbons (Fsp3) is 0.778. The third-order valence-corrected chi connectivity index (χ3v) is 4.63. The van der Waals surface area contributed by atoms with Crippen molar-refractivity contribution in [3.63, 3.8) is 0 Å². The highest BCUT2D eigenvalue weighted by atomic mass is 16.5. The average molecular weight is 351 g/mol. The quantitative estimate of drug-likeness (QED) is 0.574. The first-order chi connectivity index (χ1) is 12.0. The van der Waals surface area contributed by atoms with Gasteiger partial charge >= 0.3 is 0 Å². The zero-order valence-corrected chi connectivity index (χ0v) is 16.4. The van der Waals surface area contributed by atoms with Crippen LogP contribution in [0.5, 0.6) is 0 Å². The molecule has 0 amide bonds. The van der Waals surface area contributed by atoms with Crippen molar-refractivity contribution in [3.8, 4) is 0 Å². The molecule has 1 aromatic heterocycles. The Hall–Kier alpha value is -1.60. The van der Waals surface area contributed by atoms with Crippen LogP contribution < -0.4 is 10.6 Å². The molecule has 7 nitrogen and oxygen atoms in total. The Kier molecular flexibility index (Phi) is 7.71.